The number of hydrogen-bond acceptors (Lipinski definition) is 5. The normalized spacial score (nSPS) is 10.8. The van der Waals surface area contributed by atoms with Crippen molar-refractivity contribution in [2.45, 2.75) is 6.92 Å². The molecule has 7 nitrogen and oxygen atoms in total. The smallest absolute Gasteiger partial charge is 0.302 e. The van der Waals surface area contributed by atoms with Crippen molar-refractivity contribution in [1.29, 1.82) is 0 Å². The van der Waals surface area contributed by atoms with Crippen molar-refractivity contribution in [3.05, 3.63) is 65.7 Å². The molecule has 0 radical (unpaired) electrons. The number of rotatable bonds is 7. The first-order valence-electron chi connectivity index (χ1n) is 7.59. The Hall–Kier alpha value is -3.35. The molecule has 0 aliphatic rings. The maximum atomic E-state index is 12.3. The fourth-order valence-corrected chi connectivity index (χ4v) is 1.91. The lowest BCUT2D eigenvalue weighted by atomic mass is 10.2. The second-order valence-corrected chi connectivity index (χ2v) is 4.99. The first-order chi connectivity index (χ1) is 12.1. The Morgan fingerprint density at radius 2 is 1.88 bits per heavy atom. The summed E-state index contributed by atoms with van der Waals surface area (Å²) in [7, 11) is 0. The van der Waals surface area contributed by atoms with Gasteiger partial charge >= 0.3 is 5.97 Å². The molecule has 0 aliphatic heterocycles. The zero-order valence-corrected chi connectivity index (χ0v) is 13.7. The monoisotopic (exact) mass is 342 g/mol. The van der Waals surface area contributed by atoms with Crippen LogP contribution in [0.15, 0.2) is 58.8 Å². The van der Waals surface area contributed by atoms with Crippen LogP contribution in [0, 0.1) is 0 Å². The van der Waals surface area contributed by atoms with Crippen LogP contribution in [0.4, 0.5) is 0 Å². The fourth-order valence-electron chi connectivity index (χ4n) is 1.91. The van der Waals surface area contributed by atoms with Gasteiger partial charge in [-0.1, -0.05) is 18.2 Å². The molecule has 0 unspecified atom stereocenters. The molecule has 0 bridgehead atoms. The number of hydrogen-bond donors (Lipinski definition) is 2. The molecule has 0 spiro atoms. The number of carbonyl (C=O) groups excluding carboxylic acids is 3. The summed E-state index contributed by atoms with van der Waals surface area (Å²) < 4.78 is 9.93. The molecule has 0 saturated carbocycles. The van der Waals surface area contributed by atoms with E-state index in [-0.39, 0.29) is 18.8 Å². The lowest BCUT2D eigenvalue weighted by Gasteiger charge is -2.10. The van der Waals surface area contributed by atoms with Crippen molar-refractivity contribution in [2.75, 3.05) is 13.2 Å². The largest absolute Gasteiger partial charge is 0.465 e. The second kappa shape index (κ2) is 9.07. The molecule has 2 aromatic rings. The topological polar surface area (TPSA) is 97.6 Å². The van der Waals surface area contributed by atoms with E-state index in [1.165, 1.54) is 19.3 Å². The predicted molar refractivity (Wildman–Crippen MR) is 90.2 cm³/mol. The molecule has 2 N–H and O–H groups in total. The quantitative estimate of drug-likeness (QED) is 0.454. The van der Waals surface area contributed by atoms with Crippen LogP contribution in [0.5, 0.6) is 0 Å². The minimum Gasteiger partial charge on any atom is -0.465 e. The maximum Gasteiger partial charge on any atom is 0.302 e. The Morgan fingerprint density at radius 1 is 1.12 bits per heavy atom. The van der Waals surface area contributed by atoms with Gasteiger partial charge < -0.3 is 19.8 Å². The van der Waals surface area contributed by atoms with Gasteiger partial charge in [0.15, 0.2) is 0 Å². The van der Waals surface area contributed by atoms with Crippen LogP contribution in [0.2, 0.25) is 0 Å². The van der Waals surface area contributed by atoms with Crippen molar-refractivity contribution in [1.82, 2.24) is 10.6 Å². The van der Waals surface area contributed by atoms with Crippen LogP contribution in [0.1, 0.15) is 23.0 Å². The highest BCUT2D eigenvalue weighted by atomic mass is 16.5. The maximum absolute atomic E-state index is 12.3. The average molecular weight is 342 g/mol. The number of carbonyl (C=O) groups is 3. The van der Waals surface area contributed by atoms with Gasteiger partial charge in [0.05, 0.1) is 12.8 Å². The van der Waals surface area contributed by atoms with Crippen LogP contribution in [-0.2, 0) is 14.3 Å². The first-order valence-corrected chi connectivity index (χ1v) is 7.59. The summed E-state index contributed by atoms with van der Waals surface area (Å²) in [6, 6.07) is 11.8. The van der Waals surface area contributed by atoms with Crippen molar-refractivity contribution in [3.63, 3.8) is 0 Å². The number of esters is 1. The number of furan rings is 1. The zero-order valence-electron chi connectivity index (χ0n) is 13.7. The Balaban J connectivity index is 2.07. The highest BCUT2D eigenvalue weighted by Gasteiger charge is 2.15. The summed E-state index contributed by atoms with van der Waals surface area (Å²) >= 11 is 0. The van der Waals surface area contributed by atoms with Crippen molar-refractivity contribution >= 4 is 23.9 Å². The molecule has 0 saturated heterocycles. The Labute approximate surface area is 144 Å². The van der Waals surface area contributed by atoms with E-state index in [4.69, 9.17) is 9.15 Å². The van der Waals surface area contributed by atoms with E-state index in [2.05, 4.69) is 10.6 Å². The van der Waals surface area contributed by atoms with Gasteiger partial charge in [0, 0.05) is 18.6 Å². The van der Waals surface area contributed by atoms with Crippen LogP contribution in [0.3, 0.4) is 0 Å². The van der Waals surface area contributed by atoms with E-state index in [1.54, 1.807) is 42.5 Å². The molecule has 1 aromatic heterocycles. The minimum absolute atomic E-state index is 0.0200. The van der Waals surface area contributed by atoms with Gasteiger partial charge in [-0.3, -0.25) is 14.4 Å². The van der Waals surface area contributed by atoms with Crippen molar-refractivity contribution in [2.24, 2.45) is 0 Å². The second-order valence-electron chi connectivity index (χ2n) is 4.99. The summed E-state index contributed by atoms with van der Waals surface area (Å²) in [5, 5.41) is 5.13. The lowest BCUT2D eigenvalue weighted by molar-refractivity contribution is -0.141. The van der Waals surface area contributed by atoms with E-state index in [9.17, 15) is 14.4 Å². The van der Waals surface area contributed by atoms with Crippen molar-refractivity contribution in [3.8, 4) is 0 Å². The molecular weight excluding hydrogens is 324 g/mol. The highest BCUT2D eigenvalue weighted by molar-refractivity contribution is 6.05. The molecular formula is C18H18N2O5. The van der Waals surface area contributed by atoms with E-state index >= 15 is 0 Å². The molecule has 1 aromatic carbocycles. The van der Waals surface area contributed by atoms with Gasteiger partial charge in [-0.05, 0) is 24.3 Å². The standard InChI is InChI=1S/C18H18N2O5/c1-13(21)24-11-9-19-18(23)16(12-15-8-5-10-25-15)20-17(22)14-6-3-2-4-7-14/h2-8,10,12H,9,11H2,1H3,(H,19,23)(H,20,22)/b16-12+. The van der Waals surface area contributed by atoms with Gasteiger partial charge in [0.25, 0.3) is 11.8 Å². The molecule has 0 fully saturated rings. The molecule has 0 atom stereocenters. The third kappa shape index (κ3) is 5.98. The Morgan fingerprint density at radius 3 is 2.52 bits per heavy atom. The lowest BCUT2D eigenvalue weighted by Crippen LogP contribution is -2.36. The highest BCUT2D eigenvalue weighted by Crippen LogP contribution is 2.07. The molecule has 2 rings (SSSR count). The molecule has 0 aliphatic carbocycles. The van der Waals surface area contributed by atoms with Crippen LogP contribution < -0.4 is 10.6 Å². The molecule has 1 heterocycles. The molecule has 130 valence electrons. The summed E-state index contributed by atoms with van der Waals surface area (Å²) in [6.07, 6.45) is 2.88. The fraction of sp³-hybridized carbons (Fsp3) is 0.167. The van der Waals surface area contributed by atoms with Gasteiger partial charge in [0.2, 0.25) is 0 Å². The summed E-state index contributed by atoms with van der Waals surface area (Å²) in [6.45, 7) is 1.45. The summed E-state index contributed by atoms with van der Waals surface area (Å²) in [5.74, 6) is -0.960. The average Bonchev–Trinajstić information content (AvgIpc) is 3.11. The van der Waals surface area contributed by atoms with Crippen LogP contribution in [0.25, 0.3) is 6.08 Å². The molecule has 7 heteroatoms. The third-order valence-electron chi connectivity index (χ3n) is 3.05. The van der Waals surface area contributed by atoms with Gasteiger partial charge in [-0.25, -0.2) is 0 Å². The van der Waals surface area contributed by atoms with Gasteiger partial charge in [-0.15, -0.1) is 0 Å². The van der Waals surface area contributed by atoms with E-state index in [0.29, 0.717) is 11.3 Å². The van der Waals surface area contributed by atoms with E-state index < -0.39 is 17.8 Å². The zero-order chi connectivity index (χ0) is 18.1. The molecule has 25 heavy (non-hydrogen) atoms. The third-order valence-corrected chi connectivity index (χ3v) is 3.05. The number of nitrogens with one attached hydrogen (secondary N) is 2. The number of benzene rings is 1. The predicted octanol–water partition coefficient (Wildman–Crippen LogP) is 1.73. The summed E-state index contributed by atoms with van der Waals surface area (Å²) in [5.41, 5.74) is 0.437. The SMILES string of the molecule is CC(=O)OCCNC(=O)/C(=C\c1ccco1)NC(=O)c1ccccc1. The van der Waals surface area contributed by atoms with E-state index in [0.717, 1.165) is 0 Å². The number of amides is 2. The van der Waals surface area contributed by atoms with Crippen LogP contribution >= 0.6 is 0 Å². The van der Waals surface area contributed by atoms with E-state index in [1.807, 2.05) is 0 Å². The van der Waals surface area contributed by atoms with Crippen molar-refractivity contribution < 1.29 is 23.5 Å². The van der Waals surface area contributed by atoms with Crippen LogP contribution in [-0.4, -0.2) is 30.9 Å². The first kappa shape index (κ1) is 18.0. The minimum atomic E-state index is -0.521. The molecule has 2 amide bonds. The Kier molecular flexibility index (Phi) is 6.53. The van der Waals surface area contributed by atoms with Gasteiger partial charge in [0.1, 0.15) is 18.1 Å². The number of ether oxygens (including phenoxy) is 1. The van der Waals surface area contributed by atoms with Gasteiger partial charge in [-0.2, -0.15) is 0 Å². The summed E-state index contributed by atoms with van der Waals surface area (Å²) in [4.78, 5) is 35.3. The Bertz CT molecular complexity index is 751.